The number of ketones is 1. The van der Waals surface area contributed by atoms with E-state index in [2.05, 4.69) is 25.9 Å². The summed E-state index contributed by atoms with van der Waals surface area (Å²) in [5.41, 5.74) is 1.24. The van der Waals surface area contributed by atoms with Gasteiger partial charge in [-0.25, -0.2) is 4.98 Å². The first-order chi connectivity index (χ1) is 8.25. The average molecular weight is 291 g/mol. The molecule has 0 radical (unpaired) electrons. The summed E-state index contributed by atoms with van der Waals surface area (Å²) in [6.07, 6.45) is 4.81. The highest BCUT2D eigenvalue weighted by Gasteiger charge is 2.16. The van der Waals surface area contributed by atoms with Crippen LogP contribution in [0, 0.1) is 0 Å². The molecule has 0 aliphatic heterocycles. The SMILES string of the molecule is O=C(c1ccco1)c1c[nH]c2ncc(Br)cc12. The lowest BCUT2D eigenvalue weighted by atomic mass is 10.1. The molecule has 0 spiro atoms. The molecular weight excluding hydrogens is 284 g/mol. The Kier molecular flexibility index (Phi) is 2.33. The lowest BCUT2D eigenvalue weighted by Gasteiger charge is -1.95. The van der Waals surface area contributed by atoms with Gasteiger partial charge in [-0.05, 0) is 34.1 Å². The molecule has 0 unspecified atom stereocenters. The molecule has 3 heterocycles. The number of hydrogen-bond acceptors (Lipinski definition) is 3. The van der Waals surface area contributed by atoms with Gasteiger partial charge in [-0.3, -0.25) is 4.79 Å². The van der Waals surface area contributed by atoms with Gasteiger partial charge >= 0.3 is 0 Å². The molecule has 0 atom stereocenters. The Morgan fingerprint density at radius 1 is 1.47 bits per heavy atom. The largest absolute Gasteiger partial charge is 0.461 e. The van der Waals surface area contributed by atoms with Crippen molar-refractivity contribution in [3.8, 4) is 0 Å². The molecule has 0 aliphatic carbocycles. The van der Waals surface area contributed by atoms with Crippen LogP contribution in [0.4, 0.5) is 0 Å². The number of nitrogens with zero attached hydrogens (tertiary/aromatic N) is 1. The Balaban J connectivity index is 2.18. The summed E-state index contributed by atoms with van der Waals surface area (Å²) < 4.78 is 5.93. The molecule has 0 aromatic carbocycles. The van der Waals surface area contributed by atoms with E-state index < -0.39 is 0 Å². The van der Waals surface area contributed by atoms with Crippen molar-refractivity contribution in [2.45, 2.75) is 0 Å². The fourth-order valence-corrected chi connectivity index (χ4v) is 2.04. The minimum Gasteiger partial charge on any atom is -0.461 e. The smallest absolute Gasteiger partial charge is 0.230 e. The summed E-state index contributed by atoms with van der Waals surface area (Å²) in [5, 5.41) is 0.778. The predicted molar refractivity (Wildman–Crippen MR) is 65.9 cm³/mol. The monoisotopic (exact) mass is 290 g/mol. The maximum atomic E-state index is 12.1. The van der Waals surface area contributed by atoms with Gasteiger partial charge in [0.1, 0.15) is 5.65 Å². The van der Waals surface area contributed by atoms with Crippen molar-refractivity contribution < 1.29 is 9.21 Å². The number of hydrogen-bond donors (Lipinski definition) is 1. The number of carbonyl (C=O) groups excluding carboxylic acids is 1. The number of rotatable bonds is 2. The van der Waals surface area contributed by atoms with E-state index in [0.29, 0.717) is 17.0 Å². The molecule has 0 amide bonds. The Morgan fingerprint density at radius 3 is 3.12 bits per heavy atom. The van der Waals surface area contributed by atoms with Gasteiger partial charge in [-0.2, -0.15) is 0 Å². The number of aromatic nitrogens is 2. The quantitative estimate of drug-likeness (QED) is 0.738. The lowest BCUT2D eigenvalue weighted by Crippen LogP contribution is -1.98. The fraction of sp³-hybridized carbons (Fsp3) is 0. The second kappa shape index (κ2) is 3.85. The van der Waals surface area contributed by atoms with Crippen LogP contribution >= 0.6 is 15.9 Å². The Labute approximate surface area is 105 Å². The van der Waals surface area contributed by atoms with Crippen LogP contribution in [0.25, 0.3) is 11.0 Å². The second-order valence-corrected chi connectivity index (χ2v) is 4.47. The molecule has 0 aliphatic rings. The van der Waals surface area contributed by atoms with Gasteiger partial charge in [0.2, 0.25) is 5.78 Å². The van der Waals surface area contributed by atoms with Gasteiger partial charge < -0.3 is 9.40 Å². The average Bonchev–Trinajstić information content (AvgIpc) is 2.97. The van der Waals surface area contributed by atoms with Crippen LogP contribution in [-0.2, 0) is 0 Å². The lowest BCUT2D eigenvalue weighted by molar-refractivity contribution is 0.101. The Bertz CT molecular complexity index is 686. The number of aromatic amines is 1. The Morgan fingerprint density at radius 2 is 2.35 bits per heavy atom. The molecule has 84 valence electrons. The van der Waals surface area contributed by atoms with E-state index in [1.807, 2.05) is 6.07 Å². The maximum Gasteiger partial charge on any atom is 0.230 e. The summed E-state index contributed by atoms with van der Waals surface area (Å²) in [7, 11) is 0. The molecular formula is C12H7BrN2O2. The zero-order valence-corrected chi connectivity index (χ0v) is 10.2. The third-order valence-corrected chi connectivity index (χ3v) is 2.92. The molecule has 5 heteroatoms. The van der Waals surface area contributed by atoms with E-state index >= 15 is 0 Å². The summed E-state index contributed by atoms with van der Waals surface area (Å²) >= 11 is 3.34. The number of fused-ring (bicyclic) bond motifs is 1. The number of furan rings is 1. The maximum absolute atomic E-state index is 12.1. The molecule has 0 bridgehead atoms. The summed E-state index contributed by atoms with van der Waals surface area (Å²) in [4.78, 5) is 19.3. The summed E-state index contributed by atoms with van der Waals surface area (Å²) in [6.45, 7) is 0. The zero-order valence-electron chi connectivity index (χ0n) is 8.61. The van der Waals surface area contributed by atoms with Gasteiger partial charge in [-0.15, -0.1) is 0 Å². The van der Waals surface area contributed by atoms with E-state index in [0.717, 1.165) is 9.86 Å². The number of H-pyrrole nitrogens is 1. The molecule has 3 rings (SSSR count). The van der Waals surface area contributed by atoms with Gasteiger partial charge in [0.05, 0.1) is 11.8 Å². The molecule has 4 nitrogen and oxygen atoms in total. The van der Waals surface area contributed by atoms with Crippen molar-refractivity contribution in [1.82, 2.24) is 9.97 Å². The topological polar surface area (TPSA) is 58.9 Å². The van der Waals surface area contributed by atoms with E-state index in [1.54, 1.807) is 24.5 Å². The first-order valence-electron chi connectivity index (χ1n) is 4.96. The van der Waals surface area contributed by atoms with Crippen molar-refractivity contribution in [1.29, 1.82) is 0 Å². The van der Waals surface area contributed by atoms with Crippen molar-refractivity contribution in [2.75, 3.05) is 0 Å². The number of nitrogens with one attached hydrogen (secondary N) is 1. The minimum absolute atomic E-state index is 0.152. The van der Waals surface area contributed by atoms with Crippen LogP contribution in [0.5, 0.6) is 0 Å². The van der Waals surface area contributed by atoms with Gasteiger partial charge in [0.15, 0.2) is 5.76 Å². The number of halogens is 1. The van der Waals surface area contributed by atoms with Crippen LogP contribution in [0.15, 0.2) is 45.7 Å². The third kappa shape index (κ3) is 1.68. The molecule has 0 saturated heterocycles. The van der Waals surface area contributed by atoms with Crippen molar-refractivity contribution in [3.05, 3.63) is 52.7 Å². The van der Waals surface area contributed by atoms with Crippen LogP contribution < -0.4 is 0 Å². The highest BCUT2D eigenvalue weighted by atomic mass is 79.9. The highest BCUT2D eigenvalue weighted by molar-refractivity contribution is 9.10. The molecule has 17 heavy (non-hydrogen) atoms. The minimum atomic E-state index is -0.152. The zero-order chi connectivity index (χ0) is 11.8. The van der Waals surface area contributed by atoms with Crippen LogP contribution in [-0.4, -0.2) is 15.8 Å². The molecule has 3 aromatic heterocycles. The second-order valence-electron chi connectivity index (χ2n) is 3.56. The van der Waals surface area contributed by atoms with E-state index in [-0.39, 0.29) is 5.78 Å². The number of pyridine rings is 1. The Hall–Kier alpha value is -1.88. The van der Waals surface area contributed by atoms with Crippen LogP contribution in [0.2, 0.25) is 0 Å². The predicted octanol–water partition coefficient (Wildman–Crippen LogP) is 3.15. The molecule has 3 aromatic rings. The van der Waals surface area contributed by atoms with Gasteiger partial charge in [-0.1, -0.05) is 0 Å². The summed E-state index contributed by atoms with van der Waals surface area (Å²) in [5.74, 6) is 0.173. The van der Waals surface area contributed by atoms with Crippen LogP contribution in [0.1, 0.15) is 16.1 Å². The third-order valence-electron chi connectivity index (χ3n) is 2.49. The van der Waals surface area contributed by atoms with Crippen molar-refractivity contribution in [2.24, 2.45) is 0 Å². The first kappa shape index (κ1) is 10.3. The first-order valence-corrected chi connectivity index (χ1v) is 5.76. The number of carbonyl (C=O) groups is 1. The normalized spacial score (nSPS) is 10.9. The standard InChI is InChI=1S/C12H7BrN2O2/c13-7-4-8-9(6-15-12(8)14-5-7)11(16)10-2-1-3-17-10/h1-6H,(H,14,15). The van der Waals surface area contributed by atoms with Crippen molar-refractivity contribution >= 4 is 32.7 Å². The van der Waals surface area contributed by atoms with E-state index in [4.69, 9.17) is 4.42 Å². The van der Waals surface area contributed by atoms with Gasteiger partial charge in [0, 0.05) is 22.3 Å². The van der Waals surface area contributed by atoms with Crippen molar-refractivity contribution in [3.63, 3.8) is 0 Å². The van der Waals surface area contributed by atoms with Crippen LogP contribution in [0.3, 0.4) is 0 Å². The molecule has 0 saturated carbocycles. The van der Waals surface area contributed by atoms with E-state index in [9.17, 15) is 4.79 Å². The van der Waals surface area contributed by atoms with Gasteiger partial charge in [0.25, 0.3) is 0 Å². The highest BCUT2D eigenvalue weighted by Crippen LogP contribution is 2.22. The molecule has 1 N–H and O–H groups in total. The fourth-order valence-electron chi connectivity index (χ4n) is 1.71. The van der Waals surface area contributed by atoms with E-state index in [1.165, 1.54) is 6.26 Å². The molecule has 0 fully saturated rings. The summed E-state index contributed by atoms with van der Waals surface area (Å²) in [6, 6.07) is 5.19.